The Kier molecular flexibility index (Phi) is 2.19. The van der Waals surface area contributed by atoms with E-state index in [1.165, 1.54) is 0 Å². The van der Waals surface area contributed by atoms with E-state index in [4.69, 9.17) is 5.73 Å². The first-order valence-electron chi connectivity index (χ1n) is 4.80. The van der Waals surface area contributed by atoms with Crippen molar-refractivity contribution < 1.29 is 4.79 Å². The standard InChI is InChI=1S/C11H13N3O/c1-7-3-8(2)14-6-9(5-10(12)15)13-11(14)4-7/h3-4,6H,5H2,1-2H3,(H2,12,15). The molecule has 78 valence electrons. The molecular weight excluding hydrogens is 190 g/mol. The summed E-state index contributed by atoms with van der Waals surface area (Å²) in [5.41, 5.74) is 8.98. The molecule has 0 bridgehead atoms. The highest BCUT2D eigenvalue weighted by Crippen LogP contribution is 2.11. The molecule has 0 aromatic carbocycles. The average Bonchev–Trinajstić information content (AvgIpc) is 2.45. The Morgan fingerprint density at radius 2 is 2.20 bits per heavy atom. The van der Waals surface area contributed by atoms with Gasteiger partial charge in [0.05, 0.1) is 12.1 Å². The van der Waals surface area contributed by atoms with E-state index in [0.29, 0.717) is 0 Å². The number of primary amides is 1. The normalized spacial score (nSPS) is 10.8. The fourth-order valence-corrected chi connectivity index (χ4v) is 1.74. The minimum atomic E-state index is -0.354. The summed E-state index contributed by atoms with van der Waals surface area (Å²) in [6, 6.07) is 4.06. The van der Waals surface area contributed by atoms with Gasteiger partial charge in [0.2, 0.25) is 5.91 Å². The first-order chi connectivity index (χ1) is 7.06. The summed E-state index contributed by atoms with van der Waals surface area (Å²) >= 11 is 0. The zero-order chi connectivity index (χ0) is 11.0. The number of nitrogens with zero attached hydrogens (tertiary/aromatic N) is 2. The molecule has 2 aromatic heterocycles. The third-order valence-electron chi connectivity index (χ3n) is 2.31. The number of hydrogen-bond donors (Lipinski definition) is 1. The molecule has 0 unspecified atom stereocenters. The lowest BCUT2D eigenvalue weighted by molar-refractivity contribution is -0.117. The van der Waals surface area contributed by atoms with Gasteiger partial charge >= 0.3 is 0 Å². The molecule has 0 aliphatic heterocycles. The number of imidazole rings is 1. The zero-order valence-corrected chi connectivity index (χ0v) is 8.82. The van der Waals surface area contributed by atoms with Gasteiger partial charge in [0.1, 0.15) is 5.65 Å². The lowest BCUT2D eigenvalue weighted by atomic mass is 10.2. The highest BCUT2D eigenvalue weighted by atomic mass is 16.1. The Bertz CT molecular complexity index is 528. The van der Waals surface area contributed by atoms with Crippen LogP contribution in [-0.4, -0.2) is 15.3 Å². The van der Waals surface area contributed by atoms with Crippen LogP contribution >= 0.6 is 0 Å². The van der Waals surface area contributed by atoms with Gasteiger partial charge in [0.15, 0.2) is 0 Å². The lowest BCUT2D eigenvalue weighted by Gasteiger charge is -1.99. The van der Waals surface area contributed by atoms with Crippen LogP contribution in [0.4, 0.5) is 0 Å². The first kappa shape index (κ1) is 9.71. The van der Waals surface area contributed by atoms with Crippen LogP contribution in [0.3, 0.4) is 0 Å². The van der Waals surface area contributed by atoms with E-state index < -0.39 is 0 Å². The fourth-order valence-electron chi connectivity index (χ4n) is 1.74. The summed E-state index contributed by atoms with van der Waals surface area (Å²) in [7, 11) is 0. The molecule has 0 aliphatic rings. The molecule has 4 nitrogen and oxygen atoms in total. The second-order valence-corrected chi connectivity index (χ2v) is 3.78. The predicted molar refractivity (Wildman–Crippen MR) is 57.6 cm³/mol. The Balaban J connectivity index is 2.55. The van der Waals surface area contributed by atoms with Gasteiger partial charge < -0.3 is 10.1 Å². The molecule has 2 aromatic rings. The van der Waals surface area contributed by atoms with Crippen LogP contribution in [0.15, 0.2) is 18.3 Å². The van der Waals surface area contributed by atoms with Crippen LogP contribution in [0.1, 0.15) is 17.0 Å². The van der Waals surface area contributed by atoms with E-state index in [1.807, 2.05) is 30.5 Å². The van der Waals surface area contributed by atoms with E-state index in [-0.39, 0.29) is 12.3 Å². The average molecular weight is 203 g/mol. The lowest BCUT2D eigenvalue weighted by Crippen LogP contribution is -2.13. The number of aryl methyl sites for hydroxylation is 2. The molecule has 0 radical (unpaired) electrons. The molecular formula is C11H13N3O. The SMILES string of the molecule is Cc1cc(C)n2cc(CC(N)=O)nc2c1. The Hall–Kier alpha value is -1.84. The van der Waals surface area contributed by atoms with Gasteiger partial charge in [-0.05, 0) is 31.5 Å². The second-order valence-electron chi connectivity index (χ2n) is 3.78. The van der Waals surface area contributed by atoms with Gasteiger partial charge in [-0.25, -0.2) is 4.98 Å². The molecule has 0 aliphatic carbocycles. The molecule has 2 N–H and O–H groups in total. The number of rotatable bonds is 2. The van der Waals surface area contributed by atoms with Gasteiger partial charge in [-0.15, -0.1) is 0 Å². The smallest absolute Gasteiger partial charge is 0.223 e. The van der Waals surface area contributed by atoms with Crippen molar-refractivity contribution in [2.45, 2.75) is 20.3 Å². The first-order valence-corrected chi connectivity index (χ1v) is 4.80. The highest BCUT2D eigenvalue weighted by Gasteiger charge is 2.06. The molecule has 0 fully saturated rings. The Morgan fingerprint density at radius 1 is 1.47 bits per heavy atom. The van der Waals surface area contributed by atoms with E-state index in [2.05, 4.69) is 11.1 Å². The quantitative estimate of drug-likeness (QED) is 0.790. The molecule has 0 atom stereocenters. The molecule has 4 heteroatoms. The summed E-state index contributed by atoms with van der Waals surface area (Å²) in [5, 5.41) is 0. The van der Waals surface area contributed by atoms with Crippen LogP contribution in [0.5, 0.6) is 0 Å². The maximum Gasteiger partial charge on any atom is 0.223 e. The maximum atomic E-state index is 10.8. The van der Waals surface area contributed by atoms with Gasteiger partial charge in [0, 0.05) is 11.9 Å². The predicted octanol–water partition coefficient (Wildman–Crippen LogP) is 0.979. The van der Waals surface area contributed by atoms with Crippen molar-refractivity contribution in [1.29, 1.82) is 0 Å². The van der Waals surface area contributed by atoms with Crippen LogP contribution < -0.4 is 5.73 Å². The number of aromatic nitrogens is 2. The van der Waals surface area contributed by atoms with Crippen molar-refractivity contribution in [3.8, 4) is 0 Å². The highest BCUT2D eigenvalue weighted by molar-refractivity contribution is 5.76. The zero-order valence-electron chi connectivity index (χ0n) is 8.82. The fraction of sp³-hybridized carbons (Fsp3) is 0.273. The third-order valence-corrected chi connectivity index (χ3v) is 2.31. The maximum absolute atomic E-state index is 10.8. The Labute approximate surface area is 87.7 Å². The van der Waals surface area contributed by atoms with E-state index in [0.717, 1.165) is 22.6 Å². The summed E-state index contributed by atoms with van der Waals surface area (Å²) in [6.07, 6.45) is 2.05. The number of carbonyl (C=O) groups excluding carboxylic acids is 1. The monoisotopic (exact) mass is 203 g/mol. The van der Waals surface area contributed by atoms with Crippen molar-refractivity contribution in [2.75, 3.05) is 0 Å². The summed E-state index contributed by atoms with van der Waals surface area (Å²) in [5.74, 6) is -0.354. The van der Waals surface area contributed by atoms with Gasteiger partial charge in [-0.1, -0.05) is 0 Å². The van der Waals surface area contributed by atoms with Gasteiger partial charge in [0.25, 0.3) is 0 Å². The van der Waals surface area contributed by atoms with Gasteiger partial charge in [-0.2, -0.15) is 0 Å². The summed E-state index contributed by atoms with van der Waals surface area (Å²) in [6.45, 7) is 4.03. The molecule has 0 saturated heterocycles. The van der Waals surface area contributed by atoms with Crippen LogP contribution in [0.2, 0.25) is 0 Å². The summed E-state index contributed by atoms with van der Waals surface area (Å²) in [4.78, 5) is 15.1. The Morgan fingerprint density at radius 3 is 2.87 bits per heavy atom. The third kappa shape index (κ3) is 1.83. The summed E-state index contributed by atoms with van der Waals surface area (Å²) < 4.78 is 1.96. The minimum Gasteiger partial charge on any atom is -0.369 e. The number of carbonyl (C=O) groups is 1. The van der Waals surface area contributed by atoms with E-state index in [9.17, 15) is 4.79 Å². The number of hydrogen-bond acceptors (Lipinski definition) is 2. The van der Waals surface area contributed by atoms with Crippen LogP contribution in [0.25, 0.3) is 5.65 Å². The molecule has 1 amide bonds. The number of nitrogens with two attached hydrogens (primary N) is 1. The van der Waals surface area contributed by atoms with Gasteiger partial charge in [-0.3, -0.25) is 4.79 Å². The topological polar surface area (TPSA) is 60.4 Å². The van der Waals surface area contributed by atoms with Crippen LogP contribution in [0, 0.1) is 13.8 Å². The molecule has 0 spiro atoms. The van der Waals surface area contributed by atoms with Crippen molar-refractivity contribution in [1.82, 2.24) is 9.38 Å². The van der Waals surface area contributed by atoms with Crippen LogP contribution in [-0.2, 0) is 11.2 Å². The van der Waals surface area contributed by atoms with Crippen molar-refractivity contribution in [2.24, 2.45) is 5.73 Å². The minimum absolute atomic E-state index is 0.195. The van der Waals surface area contributed by atoms with E-state index in [1.54, 1.807) is 0 Å². The molecule has 2 rings (SSSR count). The largest absolute Gasteiger partial charge is 0.369 e. The number of fused-ring (bicyclic) bond motifs is 1. The van der Waals surface area contributed by atoms with Crippen molar-refractivity contribution in [3.63, 3.8) is 0 Å². The number of pyridine rings is 1. The van der Waals surface area contributed by atoms with Crippen molar-refractivity contribution >= 4 is 11.6 Å². The molecule has 0 saturated carbocycles. The number of amides is 1. The second kappa shape index (κ2) is 3.38. The molecule has 15 heavy (non-hydrogen) atoms. The molecule has 2 heterocycles. The van der Waals surface area contributed by atoms with Crippen molar-refractivity contribution in [3.05, 3.63) is 35.3 Å². The van der Waals surface area contributed by atoms with E-state index >= 15 is 0 Å².